The molecule has 1 aromatic rings. The summed E-state index contributed by atoms with van der Waals surface area (Å²) in [6.45, 7) is 0. The summed E-state index contributed by atoms with van der Waals surface area (Å²) in [5.74, 6) is 0.322. The Morgan fingerprint density at radius 1 is 1.11 bits per heavy atom. The third-order valence-electron chi connectivity index (χ3n) is 0.756. The van der Waals surface area contributed by atoms with E-state index in [1.165, 1.54) is 0 Å². The second-order valence-electron chi connectivity index (χ2n) is 1.34. The van der Waals surface area contributed by atoms with Crippen LogP contribution in [0.25, 0.3) is 0 Å². The minimum absolute atomic E-state index is 0.322. The number of benzene rings is 1. The maximum atomic E-state index is 8.63. The zero-order valence-electron chi connectivity index (χ0n) is 5.54. The Balaban J connectivity index is 0.000000291. The van der Waals surface area contributed by atoms with Crippen LogP contribution in [0, 0.1) is 0 Å². The monoisotopic (exact) mass is 311 g/mol. The Labute approximate surface area is 71.7 Å². The van der Waals surface area contributed by atoms with Crippen LogP contribution >= 0.6 is 0 Å². The van der Waals surface area contributed by atoms with Gasteiger partial charge in [-0.3, -0.25) is 0 Å². The second-order valence-corrected chi connectivity index (χ2v) is 1.34. The van der Waals surface area contributed by atoms with Crippen molar-refractivity contribution in [1.82, 2.24) is 0 Å². The van der Waals surface area contributed by atoms with Crippen molar-refractivity contribution in [3.8, 4) is 5.75 Å². The molecule has 0 unspecified atom stereocenters. The second kappa shape index (κ2) is 6.08. The molecule has 0 saturated carbocycles. The van der Waals surface area contributed by atoms with Crippen LogP contribution in [0.5, 0.6) is 5.75 Å². The molecule has 0 radical (unpaired) electrons. The zero-order valence-corrected chi connectivity index (χ0v) is 11.0. The first kappa shape index (κ1) is 8.96. The standard InChI is InChI=1S/C6H6O.CH3.Hg/c7-6-4-2-1-3-5-6;;/h1-5,7H;1H3;. The van der Waals surface area contributed by atoms with E-state index in [2.05, 4.69) is 4.43 Å². The van der Waals surface area contributed by atoms with Crippen molar-refractivity contribution in [3.05, 3.63) is 30.3 Å². The van der Waals surface area contributed by atoms with E-state index >= 15 is 0 Å². The van der Waals surface area contributed by atoms with Gasteiger partial charge in [0.05, 0.1) is 0 Å². The van der Waals surface area contributed by atoms with Crippen LogP contribution in [-0.2, 0) is 26.1 Å². The van der Waals surface area contributed by atoms with Crippen molar-refractivity contribution in [3.63, 3.8) is 0 Å². The molecule has 0 fully saturated rings. The van der Waals surface area contributed by atoms with Gasteiger partial charge in [0.2, 0.25) is 0 Å². The number of para-hydroxylation sites is 1. The summed E-state index contributed by atoms with van der Waals surface area (Å²) in [5, 5.41) is 8.63. The number of phenolic OH excluding ortho intramolecular Hbond substituents is 1. The third-order valence-corrected chi connectivity index (χ3v) is 0.756. The van der Waals surface area contributed by atoms with E-state index in [0.717, 1.165) is 26.1 Å². The maximum absolute atomic E-state index is 8.63. The van der Waals surface area contributed by atoms with Gasteiger partial charge in [0.15, 0.2) is 0 Å². The van der Waals surface area contributed by atoms with E-state index in [-0.39, 0.29) is 0 Å². The SMILES string of the molecule is Oc1ccccc1.[CH3][Hg]. The first-order valence-electron chi connectivity index (χ1n) is 2.84. The fraction of sp³-hybridized carbons (Fsp3) is 0.143. The summed E-state index contributed by atoms with van der Waals surface area (Å²) in [6.07, 6.45) is 0. The van der Waals surface area contributed by atoms with Crippen LogP contribution in [0.2, 0.25) is 4.43 Å². The predicted molar refractivity (Wildman–Crippen MR) is 34.0 cm³/mol. The average Bonchev–Trinajstić information content (AvgIpc) is 1.94. The molecular formula is C7H9HgO. The van der Waals surface area contributed by atoms with Crippen LogP contribution in [-0.4, -0.2) is 5.11 Å². The van der Waals surface area contributed by atoms with Gasteiger partial charge in [0.25, 0.3) is 0 Å². The summed E-state index contributed by atoms with van der Waals surface area (Å²) in [5.41, 5.74) is 0. The summed E-state index contributed by atoms with van der Waals surface area (Å²) in [6, 6.07) is 8.71. The van der Waals surface area contributed by atoms with Crippen molar-refractivity contribution >= 4 is 0 Å². The molecule has 0 saturated heterocycles. The molecule has 1 aromatic carbocycles. The molecule has 2 heteroatoms. The molecule has 0 spiro atoms. The van der Waals surface area contributed by atoms with Crippen LogP contribution in [0.15, 0.2) is 30.3 Å². The van der Waals surface area contributed by atoms with Gasteiger partial charge in [0, 0.05) is 0 Å². The molecule has 0 aromatic heterocycles. The van der Waals surface area contributed by atoms with Gasteiger partial charge < -0.3 is 5.11 Å². The van der Waals surface area contributed by atoms with E-state index in [1.54, 1.807) is 24.3 Å². The van der Waals surface area contributed by atoms with Gasteiger partial charge in [-0.05, 0) is 12.1 Å². The average molecular weight is 310 g/mol. The van der Waals surface area contributed by atoms with Crippen LogP contribution in [0.1, 0.15) is 0 Å². The zero-order chi connectivity index (χ0) is 7.11. The van der Waals surface area contributed by atoms with Crippen molar-refractivity contribution in [2.24, 2.45) is 0 Å². The molecule has 0 bridgehead atoms. The molecule has 0 heterocycles. The number of hydrogen-bond acceptors (Lipinski definition) is 1. The molecule has 0 aliphatic carbocycles. The Morgan fingerprint density at radius 3 is 1.78 bits per heavy atom. The van der Waals surface area contributed by atoms with Crippen molar-refractivity contribution < 1.29 is 31.2 Å². The van der Waals surface area contributed by atoms with Crippen LogP contribution in [0.3, 0.4) is 0 Å². The molecule has 1 N–H and O–H groups in total. The van der Waals surface area contributed by atoms with Crippen molar-refractivity contribution in [1.29, 1.82) is 0 Å². The summed E-state index contributed by atoms with van der Waals surface area (Å²) >= 11 is 1.03. The molecule has 1 nitrogen and oxygen atoms in total. The number of rotatable bonds is 0. The van der Waals surface area contributed by atoms with E-state index in [4.69, 9.17) is 5.11 Å². The topological polar surface area (TPSA) is 20.2 Å². The number of hydrogen-bond donors (Lipinski definition) is 1. The first-order chi connectivity index (χ1) is 4.39. The van der Waals surface area contributed by atoms with Gasteiger partial charge in [-0.15, -0.1) is 0 Å². The molecule has 45 valence electrons. The Kier molecular flexibility index (Phi) is 6.05. The summed E-state index contributed by atoms with van der Waals surface area (Å²) in [7, 11) is 0. The molecule has 0 aliphatic rings. The summed E-state index contributed by atoms with van der Waals surface area (Å²) < 4.78 is 2.19. The number of aromatic hydroxyl groups is 1. The first-order valence-corrected chi connectivity index (χ1v) is 8.34. The van der Waals surface area contributed by atoms with Gasteiger partial charge in [-0.1, -0.05) is 18.2 Å². The minimum atomic E-state index is 0.322. The predicted octanol–water partition coefficient (Wildman–Crippen LogP) is 1.97. The fourth-order valence-electron chi connectivity index (χ4n) is 0.428. The van der Waals surface area contributed by atoms with Gasteiger partial charge in [-0.25, -0.2) is 0 Å². The van der Waals surface area contributed by atoms with Gasteiger partial charge in [-0.2, -0.15) is 0 Å². The molecule has 0 amide bonds. The van der Waals surface area contributed by atoms with Crippen LogP contribution in [0.4, 0.5) is 0 Å². The summed E-state index contributed by atoms with van der Waals surface area (Å²) in [4.78, 5) is 0. The fourth-order valence-corrected chi connectivity index (χ4v) is 0.428. The Bertz CT molecular complexity index is 139. The normalized spacial score (nSPS) is 7.44. The molecule has 1 rings (SSSR count). The van der Waals surface area contributed by atoms with Gasteiger partial charge >= 0.3 is 30.6 Å². The Hall–Kier alpha value is -0.0449. The van der Waals surface area contributed by atoms with E-state index in [0.29, 0.717) is 5.75 Å². The third kappa shape index (κ3) is 4.46. The van der Waals surface area contributed by atoms with Crippen molar-refractivity contribution in [2.75, 3.05) is 0 Å². The van der Waals surface area contributed by atoms with Crippen LogP contribution < -0.4 is 0 Å². The van der Waals surface area contributed by atoms with Gasteiger partial charge in [0.1, 0.15) is 5.75 Å². The number of phenols is 1. The molecule has 9 heavy (non-hydrogen) atoms. The quantitative estimate of drug-likeness (QED) is 0.727. The van der Waals surface area contributed by atoms with E-state index in [9.17, 15) is 0 Å². The van der Waals surface area contributed by atoms with E-state index < -0.39 is 0 Å². The van der Waals surface area contributed by atoms with Crippen molar-refractivity contribution in [2.45, 2.75) is 4.43 Å². The van der Waals surface area contributed by atoms with E-state index in [1.807, 2.05) is 6.07 Å². The molecule has 0 atom stereocenters. The Morgan fingerprint density at radius 2 is 1.56 bits per heavy atom. The molecule has 0 aliphatic heterocycles. The molecular weight excluding hydrogens is 301 g/mol.